The number of ether oxygens (including phenoxy) is 3. The number of hydrogen-bond donors (Lipinski definition) is 2. The summed E-state index contributed by atoms with van der Waals surface area (Å²) in [4.78, 5) is 52.0. The fourth-order valence-corrected chi connectivity index (χ4v) is 4.31. The largest absolute Gasteiger partial charge is 0.493 e. The van der Waals surface area contributed by atoms with Crippen molar-refractivity contribution >= 4 is 28.4 Å². The van der Waals surface area contributed by atoms with Crippen LogP contribution in [0.1, 0.15) is 19.3 Å². The van der Waals surface area contributed by atoms with Gasteiger partial charge in [0.1, 0.15) is 12.4 Å². The van der Waals surface area contributed by atoms with Gasteiger partial charge in [-0.1, -0.05) is 0 Å². The molecule has 11 nitrogen and oxygen atoms in total. The highest BCUT2D eigenvalue weighted by atomic mass is 19.1. The first-order valence-corrected chi connectivity index (χ1v) is 12.1. The average molecular weight is 529 g/mol. The predicted octanol–water partition coefficient (Wildman–Crippen LogP) is 1.64. The van der Waals surface area contributed by atoms with Gasteiger partial charge in [0.15, 0.2) is 11.5 Å². The van der Waals surface area contributed by atoms with E-state index in [4.69, 9.17) is 14.2 Å². The lowest BCUT2D eigenvalue weighted by atomic mass is 10.2. The molecule has 38 heavy (non-hydrogen) atoms. The zero-order valence-corrected chi connectivity index (χ0v) is 21.1. The third-order valence-electron chi connectivity index (χ3n) is 6.27. The van der Waals surface area contributed by atoms with Crippen molar-refractivity contribution in [3.63, 3.8) is 0 Å². The summed E-state index contributed by atoms with van der Waals surface area (Å²) >= 11 is 0. The van der Waals surface area contributed by atoms with E-state index >= 15 is 0 Å². The minimum atomic E-state index is -0.768. The third-order valence-corrected chi connectivity index (χ3v) is 6.27. The Hall–Kier alpha value is -4.19. The molecule has 202 valence electrons. The fraction of sp³-hybridized carbons (Fsp3) is 0.385. The Bertz CT molecular complexity index is 1440. The van der Waals surface area contributed by atoms with Crippen LogP contribution in [0.4, 0.5) is 10.1 Å². The molecule has 1 aliphatic heterocycles. The van der Waals surface area contributed by atoms with Crippen LogP contribution in [-0.2, 0) is 27.4 Å². The Morgan fingerprint density at radius 3 is 2.42 bits per heavy atom. The van der Waals surface area contributed by atoms with Crippen LogP contribution < -0.4 is 31.4 Å². The monoisotopic (exact) mass is 528 g/mol. The molecule has 12 heteroatoms. The maximum absolute atomic E-state index is 13.4. The molecular formula is C26H29FN4O7. The number of anilines is 1. The van der Waals surface area contributed by atoms with Gasteiger partial charge in [-0.05, 0) is 43.2 Å². The predicted molar refractivity (Wildman–Crippen MR) is 137 cm³/mol. The zero-order valence-electron chi connectivity index (χ0n) is 21.1. The number of rotatable bonds is 10. The smallest absolute Gasteiger partial charge is 0.331 e. The lowest BCUT2D eigenvalue weighted by Gasteiger charge is -2.16. The van der Waals surface area contributed by atoms with Crippen molar-refractivity contribution in [2.24, 2.45) is 0 Å². The summed E-state index contributed by atoms with van der Waals surface area (Å²) in [7, 11) is 2.82. The van der Waals surface area contributed by atoms with Gasteiger partial charge in [-0.2, -0.15) is 0 Å². The summed E-state index contributed by atoms with van der Waals surface area (Å²) in [6, 6.07) is 8.03. The summed E-state index contributed by atoms with van der Waals surface area (Å²) in [5.41, 5.74) is -0.904. The number of halogens is 1. The van der Waals surface area contributed by atoms with Gasteiger partial charge in [0.2, 0.25) is 11.8 Å². The van der Waals surface area contributed by atoms with Crippen LogP contribution in [0.3, 0.4) is 0 Å². The molecule has 0 unspecified atom stereocenters. The highest BCUT2D eigenvalue weighted by molar-refractivity contribution is 5.92. The number of methoxy groups -OCH3 is 2. The maximum atomic E-state index is 13.4. The molecule has 1 aliphatic rings. The number of amides is 2. The Morgan fingerprint density at radius 1 is 1.05 bits per heavy atom. The van der Waals surface area contributed by atoms with Crippen molar-refractivity contribution in [2.45, 2.75) is 38.5 Å². The molecule has 1 atom stereocenters. The summed E-state index contributed by atoms with van der Waals surface area (Å²) in [5, 5.41) is 5.48. The summed E-state index contributed by atoms with van der Waals surface area (Å²) in [5.74, 6) is -0.844. The van der Waals surface area contributed by atoms with E-state index in [2.05, 4.69) is 10.6 Å². The number of hydrogen-bond acceptors (Lipinski definition) is 7. The van der Waals surface area contributed by atoms with E-state index in [0.29, 0.717) is 18.8 Å². The molecular weight excluding hydrogens is 499 g/mol. The minimum Gasteiger partial charge on any atom is -0.493 e. The van der Waals surface area contributed by atoms with Gasteiger partial charge >= 0.3 is 5.69 Å². The molecule has 1 saturated heterocycles. The Labute approximate surface area is 217 Å². The second-order valence-electron chi connectivity index (χ2n) is 8.79. The van der Waals surface area contributed by atoms with Crippen molar-refractivity contribution in [1.82, 2.24) is 14.5 Å². The number of benzene rings is 2. The van der Waals surface area contributed by atoms with Crippen LogP contribution >= 0.6 is 0 Å². The van der Waals surface area contributed by atoms with Crippen molar-refractivity contribution in [3.05, 3.63) is 63.1 Å². The van der Waals surface area contributed by atoms with E-state index in [0.717, 1.165) is 22.0 Å². The van der Waals surface area contributed by atoms with Gasteiger partial charge in [-0.15, -0.1) is 0 Å². The molecule has 0 aliphatic carbocycles. The van der Waals surface area contributed by atoms with E-state index in [1.54, 1.807) is 0 Å². The molecule has 0 spiro atoms. The molecule has 0 saturated carbocycles. The van der Waals surface area contributed by atoms with Gasteiger partial charge in [0.05, 0.1) is 31.2 Å². The van der Waals surface area contributed by atoms with Gasteiger partial charge < -0.3 is 24.8 Å². The van der Waals surface area contributed by atoms with Crippen LogP contribution in [0.2, 0.25) is 0 Å². The van der Waals surface area contributed by atoms with Gasteiger partial charge in [-0.25, -0.2) is 9.18 Å². The van der Waals surface area contributed by atoms with Crippen LogP contribution in [0.15, 0.2) is 46.0 Å². The first-order chi connectivity index (χ1) is 18.3. The van der Waals surface area contributed by atoms with Crippen molar-refractivity contribution < 1.29 is 28.2 Å². The lowest BCUT2D eigenvalue weighted by Crippen LogP contribution is -2.43. The summed E-state index contributed by atoms with van der Waals surface area (Å²) < 4.78 is 31.4. The molecule has 2 N–H and O–H groups in total. The fourth-order valence-electron chi connectivity index (χ4n) is 4.31. The zero-order chi connectivity index (χ0) is 27.2. The van der Waals surface area contributed by atoms with Gasteiger partial charge in [-0.3, -0.25) is 23.5 Å². The van der Waals surface area contributed by atoms with Crippen molar-refractivity contribution in [1.29, 1.82) is 0 Å². The highest BCUT2D eigenvalue weighted by Gasteiger charge is 2.20. The Balaban J connectivity index is 1.65. The normalized spacial score (nSPS) is 14.9. The second-order valence-corrected chi connectivity index (χ2v) is 8.79. The van der Waals surface area contributed by atoms with E-state index < -0.39 is 29.5 Å². The molecule has 2 aromatic carbocycles. The molecule has 0 bridgehead atoms. The lowest BCUT2D eigenvalue weighted by molar-refractivity contribution is -0.122. The van der Waals surface area contributed by atoms with Crippen LogP contribution in [-0.4, -0.2) is 54.4 Å². The second kappa shape index (κ2) is 11.9. The Morgan fingerprint density at radius 2 is 1.76 bits per heavy atom. The van der Waals surface area contributed by atoms with Crippen molar-refractivity contribution in [3.8, 4) is 11.5 Å². The van der Waals surface area contributed by atoms with E-state index in [1.807, 2.05) is 0 Å². The number of fused-ring (bicyclic) bond motifs is 1. The molecule has 2 amide bonds. The van der Waals surface area contributed by atoms with Crippen molar-refractivity contribution in [2.75, 3.05) is 32.7 Å². The molecule has 0 radical (unpaired) electrons. The summed E-state index contributed by atoms with van der Waals surface area (Å²) in [6.07, 6.45) is 1.64. The number of nitrogens with zero attached hydrogens (tertiary/aromatic N) is 2. The molecule has 1 aromatic heterocycles. The molecule has 4 rings (SSSR count). The molecule has 3 aromatic rings. The summed E-state index contributed by atoms with van der Waals surface area (Å²) in [6.45, 7) is 0.373. The quantitative estimate of drug-likeness (QED) is 0.409. The number of carbonyl (C=O) groups is 2. The third kappa shape index (κ3) is 6.02. The van der Waals surface area contributed by atoms with E-state index in [-0.39, 0.29) is 47.4 Å². The standard InChI is InChI=1S/C26H29FN4O7/c1-36-21-12-19-20(13-22(21)37-2)31(15-24(33)29-17-7-5-16(27)6-8-17)26(35)30(25(19)34)10-9-23(32)28-14-18-4-3-11-38-18/h5-8,12-13,18H,3-4,9-11,14-15H2,1-2H3,(H,28,32)(H,29,33)/t18-/m0/s1. The highest BCUT2D eigenvalue weighted by Crippen LogP contribution is 2.30. The van der Waals surface area contributed by atoms with Crippen LogP contribution in [0.25, 0.3) is 10.9 Å². The van der Waals surface area contributed by atoms with E-state index in [1.165, 1.54) is 50.6 Å². The van der Waals surface area contributed by atoms with Gasteiger partial charge in [0.25, 0.3) is 5.56 Å². The minimum absolute atomic E-state index is 0.0402. The average Bonchev–Trinajstić information content (AvgIpc) is 3.44. The maximum Gasteiger partial charge on any atom is 0.331 e. The SMILES string of the molecule is COc1cc2c(=O)n(CCC(=O)NC[C@@H]3CCCO3)c(=O)n(CC(=O)Nc3ccc(F)cc3)c2cc1OC. The number of aromatic nitrogens is 2. The van der Waals surface area contributed by atoms with Gasteiger partial charge in [0, 0.05) is 37.9 Å². The van der Waals surface area contributed by atoms with Crippen LogP contribution in [0.5, 0.6) is 11.5 Å². The van der Waals surface area contributed by atoms with Crippen LogP contribution in [0, 0.1) is 5.82 Å². The van der Waals surface area contributed by atoms with E-state index in [9.17, 15) is 23.6 Å². The Kier molecular flexibility index (Phi) is 8.41. The molecule has 1 fully saturated rings. The first kappa shape index (κ1) is 26.9. The number of nitrogens with one attached hydrogen (secondary N) is 2. The topological polar surface area (TPSA) is 130 Å². The molecule has 2 heterocycles. The first-order valence-electron chi connectivity index (χ1n) is 12.1. The number of carbonyl (C=O) groups excluding carboxylic acids is 2.